The van der Waals surface area contributed by atoms with E-state index in [4.69, 9.17) is 4.74 Å². The second-order valence-electron chi connectivity index (χ2n) is 6.34. The molecule has 3 saturated heterocycles. The Hall–Kier alpha value is -0.660. The number of likely N-dealkylation sites (tertiary alicyclic amines) is 1. The Kier molecular flexibility index (Phi) is 4.00. The molecule has 120 valence electrons. The molecule has 0 saturated carbocycles. The van der Waals surface area contributed by atoms with Gasteiger partial charge in [-0.15, -0.1) is 0 Å². The Morgan fingerprint density at radius 3 is 2.76 bits per heavy atom. The van der Waals surface area contributed by atoms with Gasteiger partial charge in [0.05, 0.1) is 11.4 Å². The normalized spacial score (nSPS) is 29.3. The van der Waals surface area contributed by atoms with Crippen LogP contribution in [0.25, 0.3) is 0 Å². The van der Waals surface area contributed by atoms with Gasteiger partial charge >= 0.3 is 0 Å². The summed E-state index contributed by atoms with van der Waals surface area (Å²) in [6.07, 6.45) is 3.54. The summed E-state index contributed by atoms with van der Waals surface area (Å²) in [6, 6.07) is 0. The van der Waals surface area contributed by atoms with Crippen molar-refractivity contribution >= 4 is 15.9 Å². The second kappa shape index (κ2) is 5.52. The smallest absolute Gasteiger partial charge is 0.222 e. The van der Waals surface area contributed by atoms with Gasteiger partial charge in [-0.2, -0.15) is 4.31 Å². The number of hydrogen-bond donors (Lipinski definition) is 0. The van der Waals surface area contributed by atoms with E-state index < -0.39 is 10.0 Å². The molecule has 0 N–H and O–H groups in total. The topological polar surface area (TPSA) is 66.9 Å². The molecule has 3 fully saturated rings. The van der Waals surface area contributed by atoms with Crippen molar-refractivity contribution in [2.24, 2.45) is 5.92 Å². The fourth-order valence-electron chi connectivity index (χ4n) is 3.72. The third-order valence-electron chi connectivity index (χ3n) is 5.16. The number of ether oxygens (including phenoxy) is 1. The van der Waals surface area contributed by atoms with Crippen LogP contribution in [0.4, 0.5) is 0 Å². The fraction of sp³-hybridized carbons (Fsp3) is 0.929. The first-order chi connectivity index (χ1) is 9.97. The van der Waals surface area contributed by atoms with E-state index in [9.17, 15) is 13.2 Å². The molecule has 0 bridgehead atoms. The van der Waals surface area contributed by atoms with Crippen molar-refractivity contribution in [2.75, 3.05) is 38.5 Å². The van der Waals surface area contributed by atoms with Gasteiger partial charge in [0.2, 0.25) is 15.9 Å². The minimum absolute atomic E-state index is 0.149. The molecule has 21 heavy (non-hydrogen) atoms. The van der Waals surface area contributed by atoms with Crippen molar-refractivity contribution in [3.63, 3.8) is 0 Å². The highest BCUT2D eigenvalue weighted by molar-refractivity contribution is 7.89. The molecule has 0 unspecified atom stereocenters. The Morgan fingerprint density at radius 2 is 2.14 bits per heavy atom. The van der Waals surface area contributed by atoms with Crippen LogP contribution in [-0.4, -0.2) is 67.7 Å². The number of rotatable bonds is 5. The van der Waals surface area contributed by atoms with Crippen LogP contribution in [0, 0.1) is 5.92 Å². The SMILES string of the molecule is CCS(=O)(=O)N1CC2(C1)OCC[C@@H]2CCN1CCCC1=O. The highest BCUT2D eigenvalue weighted by atomic mass is 32.2. The van der Waals surface area contributed by atoms with E-state index in [1.807, 2.05) is 4.90 Å². The quantitative estimate of drug-likeness (QED) is 0.738. The molecule has 0 aromatic carbocycles. The van der Waals surface area contributed by atoms with Gasteiger partial charge in [0.15, 0.2) is 0 Å². The van der Waals surface area contributed by atoms with E-state index in [-0.39, 0.29) is 17.3 Å². The number of sulfonamides is 1. The van der Waals surface area contributed by atoms with Crippen LogP contribution in [0.2, 0.25) is 0 Å². The predicted octanol–water partition coefficient (Wildman–Crippen LogP) is 0.440. The number of nitrogens with zero attached hydrogens (tertiary/aromatic N) is 2. The Balaban J connectivity index is 1.56. The van der Waals surface area contributed by atoms with Gasteiger partial charge in [-0.3, -0.25) is 4.79 Å². The van der Waals surface area contributed by atoms with Crippen LogP contribution < -0.4 is 0 Å². The largest absolute Gasteiger partial charge is 0.372 e. The van der Waals surface area contributed by atoms with Crippen molar-refractivity contribution in [2.45, 2.75) is 38.2 Å². The van der Waals surface area contributed by atoms with E-state index in [1.165, 1.54) is 4.31 Å². The first-order valence-corrected chi connectivity index (χ1v) is 9.47. The summed E-state index contributed by atoms with van der Waals surface area (Å²) in [7, 11) is -3.10. The minimum Gasteiger partial charge on any atom is -0.372 e. The van der Waals surface area contributed by atoms with Gasteiger partial charge in [-0.1, -0.05) is 0 Å². The van der Waals surface area contributed by atoms with Crippen LogP contribution >= 0.6 is 0 Å². The van der Waals surface area contributed by atoms with Crippen molar-refractivity contribution < 1.29 is 17.9 Å². The first kappa shape index (κ1) is 15.2. The van der Waals surface area contributed by atoms with Crippen LogP contribution in [0.5, 0.6) is 0 Å². The summed E-state index contributed by atoms with van der Waals surface area (Å²) >= 11 is 0. The van der Waals surface area contributed by atoms with Gasteiger partial charge < -0.3 is 9.64 Å². The number of carbonyl (C=O) groups excluding carboxylic acids is 1. The summed E-state index contributed by atoms with van der Waals surface area (Å²) < 4.78 is 31.1. The molecule has 1 spiro atoms. The molecule has 3 rings (SSSR count). The number of hydrogen-bond acceptors (Lipinski definition) is 4. The predicted molar refractivity (Wildman–Crippen MR) is 78.3 cm³/mol. The molecule has 3 heterocycles. The van der Waals surface area contributed by atoms with Crippen molar-refractivity contribution in [3.8, 4) is 0 Å². The maximum absolute atomic E-state index is 11.9. The lowest BCUT2D eigenvalue weighted by Gasteiger charge is -2.49. The molecule has 1 atom stereocenters. The molecule has 0 aromatic heterocycles. The highest BCUT2D eigenvalue weighted by Gasteiger charge is 2.55. The summed E-state index contributed by atoms with van der Waals surface area (Å²) in [4.78, 5) is 13.6. The molecule has 3 aliphatic heterocycles. The maximum atomic E-state index is 11.9. The molecule has 7 heteroatoms. The summed E-state index contributed by atoms with van der Waals surface area (Å²) in [5, 5.41) is 0. The molecule has 6 nitrogen and oxygen atoms in total. The van der Waals surface area contributed by atoms with Crippen molar-refractivity contribution in [1.82, 2.24) is 9.21 Å². The van der Waals surface area contributed by atoms with Crippen LogP contribution in [0.15, 0.2) is 0 Å². The zero-order valence-electron chi connectivity index (χ0n) is 12.6. The molecule has 0 aromatic rings. The Morgan fingerprint density at radius 1 is 1.38 bits per heavy atom. The average Bonchev–Trinajstić information content (AvgIpc) is 3.00. The molecule has 3 aliphatic rings. The number of amides is 1. The molecule has 0 aliphatic carbocycles. The third kappa shape index (κ3) is 2.71. The lowest BCUT2D eigenvalue weighted by molar-refractivity contribution is -0.128. The Bertz CT molecular complexity index is 513. The van der Waals surface area contributed by atoms with Gasteiger partial charge in [-0.25, -0.2) is 8.42 Å². The Labute approximate surface area is 126 Å². The maximum Gasteiger partial charge on any atom is 0.222 e. The summed E-state index contributed by atoms with van der Waals surface area (Å²) in [5.41, 5.74) is -0.287. The van der Waals surface area contributed by atoms with Crippen LogP contribution in [-0.2, 0) is 19.6 Å². The first-order valence-electron chi connectivity index (χ1n) is 7.86. The summed E-state index contributed by atoms with van der Waals surface area (Å²) in [5.74, 6) is 0.775. The monoisotopic (exact) mass is 316 g/mol. The molecule has 0 radical (unpaired) electrons. The second-order valence-corrected chi connectivity index (χ2v) is 8.60. The minimum atomic E-state index is -3.10. The van der Waals surface area contributed by atoms with Crippen molar-refractivity contribution in [1.29, 1.82) is 0 Å². The fourth-order valence-corrected chi connectivity index (χ4v) is 4.92. The van der Waals surface area contributed by atoms with E-state index in [0.717, 1.165) is 32.4 Å². The van der Waals surface area contributed by atoms with Crippen molar-refractivity contribution in [3.05, 3.63) is 0 Å². The van der Waals surface area contributed by atoms with E-state index in [2.05, 4.69) is 0 Å². The lowest BCUT2D eigenvalue weighted by Crippen LogP contribution is -2.66. The standard InChI is InChI=1S/C14H24N2O4S/c1-2-21(18,19)16-10-14(11-16)12(6-9-20-14)5-8-15-7-3-4-13(15)17/h12H,2-11H2,1H3/t12-/m0/s1. The van der Waals surface area contributed by atoms with E-state index >= 15 is 0 Å². The van der Waals surface area contributed by atoms with Gasteiger partial charge in [0, 0.05) is 39.2 Å². The van der Waals surface area contributed by atoms with Crippen LogP contribution in [0.1, 0.15) is 32.6 Å². The van der Waals surface area contributed by atoms with Gasteiger partial charge in [0.25, 0.3) is 0 Å². The third-order valence-corrected chi connectivity index (χ3v) is 6.94. The molecule has 1 amide bonds. The zero-order valence-corrected chi connectivity index (χ0v) is 13.4. The summed E-state index contributed by atoms with van der Waals surface area (Å²) in [6.45, 7) is 5.01. The zero-order chi connectivity index (χ0) is 15.1. The average molecular weight is 316 g/mol. The van der Waals surface area contributed by atoms with Gasteiger partial charge in [-0.05, 0) is 32.1 Å². The number of carbonyl (C=O) groups is 1. The van der Waals surface area contributed by atoms with Crippen LogP contribution in [0.3, 0.4) is 0 Å². The van der Waals surface area contributed by atoms with E-state index in [0.29, 0.717) is 32.0 Å². The van der Waals surface area contributed by atoms with Gasteiger partial charge in [0.1, 0.15) is 0 Å². The highest BCUT2D eigenvalue weighted by Crippen LogP contribution is 2.42. The van der Waals surface area contributed by atoms with E-state index in [1.54, 1.807) is 6.92 Å². The molecular weight excluding hydrogens is 292 g/mol. The molecular formula is C14H24N2O4S. The lowest BCUT2D eigenvalue weighted by atomic mass is 9.80.